The maximum Gasteiger partial charge on any atom is 0.333 e. The van der Waals surface area contributed by atoms with Crippen LogP contribution < -0.4 is 16.8 Å². The third-order valence-electron chi connectivity index (χ3n) is 2.63. The monoisotopic (exact) mass is 288 g/mol. The van der Waals surface area contributed by atoms with Crippen LogP contribution in [0.4, 0.5) is 0 Å². The standard InChI is InChI=1S/C13H28N4O3/c1-11(2)13(19)20-10-12(18)9-16-5-8-17(6-3-14)7-4-15/h12,16,18H,1,3-10,14-15H2,2H3. The first kappa shape index (κ1) is 19.0. The number of nitrogens with two attached hydrogens (primary N) is 2. The van der Waals surface area contributed by atoms with Crippen LogP contribution >= 0.6 is 0 Å². The van der Waals surface area contributed by atoms with E-state index in [9.17, 15) is 9.90 Å². The average molecular weight is 288 g/mol. The van der Waals surface area contributed by atoms with Crippen LogP contribution in [-0.4, -0.2) is 74.5 Å². The SMILES string of the molecule is C=C(C)C(=O)OCC(O)CNCCN(CCN)CCN. The molecule has 1 atom stereocenters. The van der Waals surface area contributed by atoms with Crippen LogP contribution in [0.5, 0.6) is 0 Å². The lowest BCUT2D eigenvalue weighted by Crippen LogP contribution is -2.40. The second-order valence-electron chi connectivity index (χ2n) is 4.66. The fourth-order valence-electron chi connectivity index (χ4n) is 1.56. The highest BCUT2D eigenvalue weighted by Crippen LogP contribution is 1.93. The quantitative estimate of drug-likeness (QED) is 0.192. The molecule has 0 radical (unpaired) electrons. The number of nitrogens with zero attached hydrogens (tertiary/aromatic N) is 1. The predicted octanol–water partition coefficient (Wildman–Crippen LogP) is -1.72. The molecular weight excluding hydrogens is 260 g/mol. The van der Waals surface area contributed by atoms with E-state index in [0.29, 0.717) is 31.8 Å². The van der Waals surface area contributed by atoms with E-state index < -0.39 is 12.1 Å². The lowest BCUT2D eigenvalue weighted by Gasteiger charge is -2.21. The summed E-state index contributed by atoms with van der Waals surface area (Å²) < 4.78 is 4.85. The molecule has 7 nitrogen and oxygen atoms in total. The van der Waals surface area contributed by atoms with Crippen molar-refractivity contribution in [1.82, 2.24) is 10.2 Å². The minimum Gasteiger partial charge on any atom is -0.460 e. The number of rotatable bonds is 12. The molecule has 0 heterocycles. The molecule has 6 N–H and O–H groups in total. The van der Waals surface area contributed by atoms with Crippen LogP contribution in [0.3, 0.4) is 0 Å². The molecule has 0 spiro atoms. The number of carbonyl (C=O) groups excluding carboxylic acids is 1. The molecule has 0 saturated carbocycles. The molecule has 0 amide bonds. The molecule has 7 heteroatoms. The summed E-state index contributed by atoms with van der Waals surface area (Å²) in [6.07, 6.45) is -0.726. The zero-order chi connectivity index (χ0) is 15.4. The first-order chi connectivity index (χ1) is 9.51. The van der Waals surface area contributed by atoms with Crippen LogP contribution in [0, 0.1) is 0 Å². The lowest BCUT2D eigenvalue weighted by atomic mass is 10.3. The van der Waals surface area contributed by atoms with Crippen LogP contribution in [-0.2, 0) is 9.53 Å². The van der Waals surface area contributed by atoms with Crippen LogP contribution in [0.25, 0.3) is 0 Å². The number of hydrogen-bond donors (Lipinski definition) is 4. The topological polar surface area (TPSA) is 114 Å². The zero-order valence-corrected chi connectivity index (χ0v) is 12.3. The first-order valence-corrected chi connectivity index (χ1v) is 6.85. The highest BCUT2D eigenvalue weighted by molar-refractivity contribution is 5.86. The van der Waals surface area contributed by atoms with Crippen LogP contribution in [0.1, 0.15) is 6.92 Å². The second kappa shape index (κ2) is 11.8. The maximum absolute atomic E-state index is 11.1. The van der Waals surface area contributed by atoms with Gasteiger partial charge in [-0.05, 0) is 6.92 Å². The molecule has 0 fully saturated rings. The van der Waals surface area contributed by atoms with Crippen LogP contribution in [0.2, 0.25) is 0 Å². The summed E-state index contributed by atoms with van der Waals surface area (Å²) >= 11 is 0. The molecule has 0 rings (SSSR count). The summed E-state index contributed by atoms with van der Waals surface area (Å²) in [5.74, 6) is -0.485. The minimum absolute atomic E-state index is 0.0337. The van der Waals surface area contributed by atoms with E-state index in [2.05, 4.69) is 16.8 Å². The number of nitrogens with one attached hydrogen (secondary N) is 1. The van der Waals surface area contributed by atoms with Crippen molar-refractivity contribution in [3.63, 3.8) is 0 Å². The number of carbonyl (C=O) groups is 1. The van der Waals surface area contributed by atoms with Gasteiger partial charge >= 0.3 is 5.97 Å². The van der Waals surface area contributed by atoms with E-state index in [1.165, 1.54) is 0 Å². The summed E-state index contributed by atoms with van der Waals surface area (Å²) in [7, 11) is 0. The van der Waals surface area contributed by atoms with Gasteiger partial charge in [-0.2, -0.15) is 0 Å². The van der Waals surface area contributed by atoms with Crippen molar-refractivity contribution in [2.24, 2.45) is 11.5 Å². The van der Waals surface area contributed by atoms with E-state index in [1.807, 2.05) is 0 Å². The Morgan fingerprint density at radius 2 is 1.95 bits per heavy atom. The lowest BCUT2D eigenvalue weighted by molar-refractivity contribution is -0.141. The molecule has 0 aromatic rings. The largest absolute Gasteiger partial charge is 0.460 e. The van der Waals surface area contributed by atoms with Crippen molar-refractivity contribution in [2.75, 3.05) is 52.4 Å². The Kier molecular flexibility index (Phi) is 11.2. The van der Waals surface area contributed by atoms with Gasteiger partial charge in [0.25, 0.3) is 0 Å². The zero-order valence-electron chi connectivity index (χ0n) is 12.3. The van der Waals surface area contributed by atoms with Gasteiger partial charge in [0.2, 0.25) is 0 Å². The summed E-state index contributed by atoms with van der Waals surface area (Å²) in [6, 6.07) is 0. The van der Waals surface area contributed by atoms with Crippen molar-refractivity contribution in [3.8, 4) is 0 Å². The molecule has 20 heavy (non-hydrogen) atoms. The fraction of sp³-hybridized carbons (Fsp3) is 0.769. The van der Waals surface area contributed by atoms with Crippen LogP contribution in [0.15, 0.2) is 12.2 Å². The molecule has 1 unspecified atom stereocenters. The van der Waals surface area contributed by atoms with Gasteiger partial charge in [0.05, 0.1) is 0 Å². The molecular formula is C13H28N4O3. The van der Waals surface area contributed by atoms with Gasteiger partial charge in [0.1, 0.15) is 12.7 Å². The highest BCUT2D eigenvalue weighted by Gasteiger charge is 2.09. The third-order valence-corrected chi connectivity index (χ3v) is 2.63. The predicted molar refractivity (Wildman–Crippen MR) is 79.2 cm³/mol. The van der Waals surface area contributed by atoms with E-state index in [1.54, 1.807) is 6.92 Å². The van der Waals surface area contributed by atoms with Gasteiger partial charge in [0.15, 0.2) is 0 Å². The summed E-state index contributed by atoms with van der Waals surface area (Å²) in [6.45, 7) is 9.69. The Hall–Kier alpha value is -0.990. The van der Waals surface area contributed by atoms with Crippen molar-refractivity contribution >= 4 is 5.97 Å². The fourth-order valence-corrected chi connectivity index (χ4v) is 1.56. The molecule has 0 bridgehead atoms. The van der Waals surface area contributed by atoms with Gasteiger partial charge in [-0.3, -0.25) is 4.90 Å². The van der Waals surface area contributed by atoms with Crippen molar-refractivity contribution < 1.29 is 14.6 Å². The molecule has 0 aromatic heterocycles. The Morgan fingerprint density at radius 1 is 1.35 bits per heavy atom. The first-order valence-electron chi connectivity index (χ1n) is 6.85. The Morgan fingerprint density at radius 3 is 2.45 bits per heavy atom. The Bertz CT molecular complexity index is 281. The van der Waals surface area contributed by atoms with Crippen molar-refractivity contribution in [2.45, 2.75) is 13.0 Å². The van der Waals surface area contributed by atoms with Crippen molar-refractivity contribution in [1.29, 1.82) is 0 Å². The minimum atomic E-state index is -0.726. The number of ether oxygens (including phenoxy) is 1. The van der Waals surface area contributed by atoms with Crippen molar-refractivity contribution in [3.05, 3.63) is 12.2 Å². The molecule has 118 valence electrons. The summed E-state index contributed by atoms with van der Waals surface area (Å²) in [5.41, 5.74) is 11.3. The Labute approximate surface area is 120 Å². The van der Waals surface area contributed by atoms with E-state index >= 15 is 0 Å². The summed E-state index contributed by atoms with van der Waals surface area (Å²) in [5, 5.41) is 12.7. The maximum atomic E-state index is 11.1. The van der Waals surface area contributed by atoms with Gasteiger partial charge < -0.3 is 26.6 Å². The van der Waals surface area contributed by atoms with Gasteiger partial charge in [-0.1, -0.05) is 6.58 Å². The number of hydrogen-bond acceptors (Lipinski definition) is 7. The number of aliphatic hydroxyl groups excluding tert-OH is 1. The molecule has 0 aliphatic heterocycles. The molecule has 0 aliphatic rings. The highest BCUT2D eigenvalue weighted by atomic mass is 16.5. The third kappa shape index (κ3) is 9.88. The molecule has 0 saturated heterocycles. The molecule has 0 aromatic carbocycles. The second-order valence-corrected chi connectivity index (χ2v) is 4.66. The average Bonchev–Trinajstić information content (AvgIpc) is 2.41. The molecule has 0 aliphatic carbocycles. The van der Waals surface area contributed by atoms with E-state index in [0.717, 1.165) is 19.6 Å². The summed E-state index contributed by atoms with van der Waals surface area (Å²) in [4.78, 5) is 13.3. The normalized spacial score (nSPS) is 12.4. The van der Waals surface area contributed by atoms with Gasteiger partial charge in [0, 0.05) is 51.4 Å². The van der Waals surface area contributed by atoms with Gasteiger partial charge in [-0.15, -0.1) is 0 Å². The number of aliphatic hydroxyl groups is 1. The van der Waals surface area contributed by atoms with E-state index in [4.69, 9.17) is 16.2 Å². The Balaban J connectivity index is 3.66. The number of esters is 1. The smallest absolute Gasteiger partial charge is 0.333 e. The van der Waals surface area contributed by atoms with Gasteiger partial charge in [-0.25, -0.2) is 4.79 Å². The van der Waals surface area contributed by atoms with E-state index in [-0.39, 0.29) is 6.61 Å².